The van der Waals surface area contributed by atoms with E-state index in [2.05, 4.69) is 6.58 Å². The Morgan fingerprint density at radius 3 is 2.43 bits per heavy atom. The summed E-state index contributed by atoms with van der Waals surface area (Å²) in [6.07, 6.45) is 1.50. The molecule has 0 radical (unpaired) electrons. The van der Waals surface area contributed by atoms with E-state index in [1.54, 1.807) is 6.92 Å². The Bertz CT molecular complexity index is 264. The first-order valence-corrected chi connectivity index (χ1v) is 5.83. The molecule has 0 bridgehead atoms. The van der Waals surface area contributed by atoms with Crippen molar-refractivity contribution < 1.29 is 13.5 Å². The van der Waals surface area contributed by atoms with Crippen molar-refractivity contribution in [3.63, 3.8) is 0 Å². The zero-order valence-corrected chi connectivity index (χ0v) is 9.50. The predicted octanol–water partition coefficient (Wildman–Crippen LogP) is -0.337. The average Bonchev–Trinajstić information content (AvgIpc) is 2.16. The molecular formula is C8H18N2O3S. The van der Waals surface area contributed by atoms with Gasteiger partial charge in [-0.25, -0.2) is 0 Å². The quantitative estimate of drug-likeness (QED) is 0.600. The normalized spacial score (nSPS) is 12.4. The Hall–Kier alpha value is -0.430. The summed E-state index contributed by atoms with van der Waals surface area (Å²) >= 11 is 0. The molecule has 0 aliphatic heterocycles. The number of rotatable bonds is 7. The van der Waals surface area contributed by atoms with Crippen molar-refractivity contribution in [2.75, 3.05) is 33.3 Å². The van der Waals surface area contributed by atoms with Crippen LogP contribution in [-0.2, 0) is 10.2 Å². The summed E-state index contributed by atoms with van der Waals surface area (Å²) in [4.78, 5) is 0. The van der Waals surface area contributed by atoms with Crippen LogP contribution in [0.25, 0.3) is 0 Å². The van der Waals surface area contributed by atoms with E-state index in [0.717, 1.165) is 0 Å². The minimum Gasteiger partial charge on any atom is -0.395 e. The first-order chi connectivity index (χ1) is 6.50. The fraction of sp³-hybridized carbons (Fsp3) is 0.750. The lowest BCUT2D eigenvalue weighted by Gasteiger charge is -2.25. The van der Waals surface area contributed by atoms with Crippen molar-refractivity contribution in [1.82, 2.24) is 8.61 Å². The Morgan fingerprint density at radius 1 is 1.50 bits per heavy atom. The highest BCUT2D eigenvalue weighted by Gasteiger charge is 2.23. The standard InChI is InChI=1S/C8H18N2O3S/c1-4-6-10(7-8-11)14(12,13)9(3)5-2/h4,11H,1,5-8H2,2-3H3. The van der Waals surface area contributed by atoms with Gasteiger partial charge in [-0.3, -0.25) is 0 Å². The number of hydrogen-bond donors (Lipinski definition) is 1. The molecule has 0 unspecified atom stereocenters. The highest BCUT2D eigenvalue weighted by atomic mass is 32.2. The van der Waals surface area contributed by atoms with Crippen LogP contribution in [-0.4, -0.2) is 55.4 Å². The number of aliphatic hydroxyl groups is 1. The van der Waals surface area contributed by atoms with Crippen LogP contribution in [0.1, 0.15) is 6.92 Å². The van der Waals surface area contributed by atoms with E-state index < -0.39 is 10.2 Å². The molecule has 0 aliphatic carbocycles. The molecule has 0 saturated heterocycles. The first kappa shape index (κ1) is 13.6. The van der Waals surface area contributed by atoms with E-state index in [9.17, 15) is 8.42 Å². The predicted molar refractivity (Wildman–Crippen MR) is 56.1 cm³/mol. The second-order valence-corrected chi connectivity index (χ2v) is 4.83. The molecule has 0 aromatic carbocycles. The molecule has 0 aromatic heterocycles. The Balaban J connectivity index is 4.70. The van der Waals surface area contributed by atoms with Crippen molar-refractivity contribution >= 4 is 10.2 Å². The molecule has 0 saturated carbocycles. The third-order valence-corrected chi connectivity index (χ3v) is 3.88. The molecule has 0 aromatic rings. The smallest absolute Gasteiger partial charge is 0.282 e. The molecule has 14 heavy (non-hydrogen) atoms. The van der Waals surface area contributed by atoms with Crippen LogP contribution in [0.4, 0.5) is 0 Å². The molecule has 0 amide bonds. The lowest BCUT2D eigenvalue weighted by Crippen LogP contribution is -2.43. The van der Waals surface area contributed by atoms with E-state index in [4.69, 9.17) is 5.11 Å². The second kappa shape index (κ2) is 6.13. The Kier molecular flexibility index (Phi) is 5.94. The fourth-order valence-electron chi connectivity index (χ4n) is 0.917. The van der Waals surface area contributed by atoms with Crippen LogP contribution in [0.2, 0.25) is 0 Å². The lowest BCUT2D eigenvalue weighted by molar-refractivity contribution is 0.254. The highest BCUT2D eigenvalue weighted by Crippen LogP contribution is 2.05. The maximum absolute atomic E-state index is 11.7. The summed E-state index contributed by atoms with van der Waals surface area (Å²) in [7, 11) is -1.94. The van der Waals surface area contributed by atoms with Crippen molar-refractivity contribution in [3.05, 3.63) is 12.7 Å². The summed E-state index contributed by atoms with van der Waals surface area (Å²) < 4.78 is 25.9. The molecule has 6 heteroatoms. The van der Waals surface area contributed by atoms with Gasteiger partial charge in [0.25, 0.3) is 10.2 Å². The van der Waals surface area contributed by atoms with Gasteiger partial charge in [0.1, 0.15) is 0 Å². The van der Waals surface area contributed by atoms with E-state index in [1.165, 1.54) is 21.7 Å². The van der Waals surface area contributed by atoms with Gasteiger partial charge in [0.15, 0.2) is 0 Å². The summed E-state index contributed by atoms with van der Waals surface area (Å²) in [6.45, 7) is 5.75. The van der Waals surface area contributed by atoms with Gasteiger partial charge in [-0.1, -0.05) is 13.0 Å². The van der Waals surface area contributed by atoms with Gasteiger partial charge in [0, 0.05) is 26.7 Å². The van der Waals surface area contributed by atoms with Crippen molar-refractivity contribution in [3.8, 4) is 0 Å². The molecule has 1 N–H and O–H groups in total. The monoisotopic (exact) mass is 222 g/mol. The van der Waals surface area contributed by atoms with Gasteiger partial charge in [0.2, 0.25) is 0 Å². The van der Waals surface area contributed by atoms with Gasteiger partial charge in [-0.05, 0) is 0 Å². The van der Waals surface area contributed by atoms with Crippen LogP contribution in [0.3, 0.4) is 0 Å². The second-order valence-electron chi connectivity index (χ2n) is 2.79. The Morgan fingerprint density at radius 2 is 2.07 bits per heavy atom. The fourth-order valence-corrected chi connectivity index (χ4v) is 2.24. The third-order valence-electron chi connectivity index (χ3n) is 1.85. The molecule has 0 heterocycles. The van der Waals surface area contributed by atoms with E-state index in [0.29, 0.717) is 6.54 Å². The molecule has 0 spiro atoms. The molecule has 0 fully saturated rings. The Labute approximate surface area is 85.8 Å². The summed E-state index contributed by atoms with van der Waals surface area (Å²) in [5, 5.41) is 8.72. The topological polar surface area (TPSA) is 60.9 Å². The van der Waals surface area contributed by atoms with Crippen molar-refractivity contribution in [1.29, 1.82) is 0 Å². The SMILES string of the molecule is C=CCN(CCO)S(=O)(=O)N(C)CC. The maximum atomic E-state index is 11.7. The minimum atomic E-state index is -3.44. The number of aliphatic hydroxyl groups excluding tert-OH is 1. The van der Waals surface area contributed by atoms with Gasteiger partial charge < -0.3 is 5.11 Å². The molecule has 0 rings (SSSR count). The number of nitrogens with zero attached hydrogens (tertiary/aromatic N) is 2. The maximum Gasteiger partial charge on any atom is 0.282 e. The van der Waals surface area contributed by atoms with Crippen LogP contribution >= 0.6 is 0 Å². The van der Waals surface area contributed by atoms with Gasteiger partial charge in [-0.2, -0.15) is 17.0 Å². The lowest BCUT2D eigenvalue weighted by atomic mass is 10.6. The first-order valence-electron chi connectivity index (χ1n) is 4.43. The van der Waals surface area contributed by atoms with Gasteiger partial charge in [-0.15, -0.1) is 6.58 Å². The van der Waals surface area contributed by atoms with Crippen LogP contribution in [0.5, 0.6) is 0 Å². The largest absolute Gasteiger partial charge is 0.395 e. The summed E-state index contributed by atoms with van der Waals surface area (Å²) in [5.41, 5.74) is 0. The van der Waals surface area contributed by atoms with E-state index >= 15 is 0 Å². The zero-order chi connectivity index (χ0) is 11.2. The zero-order valence-electron chi connectivity index (χ0n) is 8.68. The average molecular weight is 222 g/mol. The molecule has 0 atom stereocenters. The van der Waals surface area contributed by atoms with Crippen LogP contribution in [0, 0.1) is 0 Å². The summed E-state index contributed by atoms with van der Waals surface area (Å²) in [5.74, 6) is 0. The highest BCUT2D eigenvalue weighted by molar-refractivity contribution is 7.86. The van der Waals surface area contributed by atoms with Gasteiger partial charge in [0.05, 0.1) is 6.61 Å². The van der Waals surface area contributed by atoms with Crippen molar-refractivity contribution in [2.24, 2.45) is 0 Å². The van der Waals surface area contributed by atoms with Crippen molar-refractivity contribution in [2.45, 2.75) is 6.92 Å². The molecule has 5 nitrogen and oxygen atoms in total. The third kappa shape index (κ3) is 3.38. The van der Waals surface area contributed by atoms with E-state index in [1.807, 2.05) is 0 Å². The molecule has 84 valence electrons. The molecular weight excluding hydrogens is 204 g/mol. The van der Waals surface area contributed by atoms with Crippen LogP contribution < -0.4 is 0 Å². The number of hydrogen-bond acceptors (Lipinski definition) is 3. The summed E-state index contributed by atoms with van der Waals surface area (Å²) in [6, 6.07) is 0. The minimum absolute atomic E-state index is 0.0959. The van der Waals surface area contributed by atoms with Gasteiger partial charge >= 0.3 is 0 Å². The van der Waals surface area contributed by atoms with Crippen LogP contribution in [0.15, 0.2) is 12.7 Å². The molecule has 0 aliphatic rings. The van der Waals surface area contributed by atoms with E-state index in [-0.39, 0.29) is 19.7 Å².